The standard InChI is InChI=1S/C22H24O4/c1-21(2)17-8-13-7-14(9-17)12-22(21,11-13)6-5-15-3-4-16(19(23)24)10-18(15)20(25)26/h3-4,10,13-14,17H,7-9,11-12H2,1-2H3,(H,23,24)(H,25,26). The van der Waals surface area contributed by atoms with Crippen LogP contribution in [-0.2, 0) is 0 Å². The molecule has 0 aromatic heterocycles. The first-order valence-electron chi connectivity index (χ1n) is 9.36. The van der Waals surface area contributed by atoms with Crippen molar-refractivity contribution in [2.75, 3.05) is 0 Å². The summed E-state index contributed by atoms with van der Waals surface area (Å²) < 4.78 is 0. The van der Waals surface area contributed by atoms with Crippen LogP contribution in [0.15, 0.2) is 18.2 Å². The van der Waals surface area contributed by atoms with E-state index in [-0.39, 0.29) is 22.0 Å². The van der Waals surface area contributed by atoms with Crippen LogP contribution in [0, 0.1) is 40.4 Å². The van der Waals surface area contributed by atoms with Crippen LogP contribution in [0.2, 0.25) is 0 Å². The van der Waals surface area contributed by atoms with Crippen LogP contribution >= 0.6 is 0 Å². The Morgan fingerprint density at radius 3 is 2.27 bits per heavy atom. The molecule has 0 aliphatic heterocycles. The number of aromatic carboxylic acids is 2. The van der Waals surface area contributed by atoms with E-state index in [9.17, 15) is 14.7 Å². The van der Waals surface area contributed by atoms with Crippen molar-refractivity contribution >= 4 is 11.9 Å². The third-order valence-corrected chi connectivity index (χ3v) is 7.36. The molecular formula is C22H24O4. The maximum atomic E-state index is 11.6. The van der Waals surface area contributed by atoms with Gasteiger partial charge in [-0.2, -0.15) is 0 Å². The molecule has 2 atom stereocenters. The molecular weight excluding hydrogens is 328 g/mol. The molecule has 136 valence electrons. The van der Waals surface area contributed by atoms with E-state index in [1.54, 1.807) is 0 Å². The lowest BCUT2D eigenvalue weighted by atomic mass is 9.40. The Balaban J connectivity index is 1.76. The molecule has 1 aromatic carbocycles. The van der Waals surface area contributed by atoms with Gasteiger partial charge in [0.1, 0.15) is 0 Å². The fourth-order valence-electron chi connectivity index (χ4n) is 5.89. The maximum Gasteiger partial charge on any atom is 0.336 e. The van der Waals surface area contributed by atoms with Gasteiger partial charge in [0, 0.05) is 11.0 Å². The van der Waals surface area contributed by atoms with Gasteiger partial charge >= 0.3 is 11.9 Å². The molecule has 4 aliphatic carbocycles. The molecule has 5 rings (SSSR count). The fraction of sp³-hybridized carbons (Fsp3) is 0.545. The van der Waals surface area contributed by atoms with Crippen molar-refractivity contribution in [3.8, 4) is 11.8 Å². The largest absolute Gasteiger partial charge is 0.478 e. The lowest BCUT2D eigenvalue weighted by molar-refractivity contribution is -0.127. The van der Waals surface area contributed by atoms with Crippen molar-refractivity contribution in [2.24, 2.45) is 28.6 Å². The van der Waals surface area contributed by atoms with Gasteiger partial charge in [-0.15, -0.1) is 0 Å². The molecule has 0 amide bonds. The number of carboxylic acid groups (broad SMARTS) is 2. The smallest absolute Gasteiger partial charge is 0.336 e. The third kappa shape index (κ3) is 2.45. The fourth-order valence-corrected chi connectivity index (χ4v) is 5.89. The first kappa shape index (κ1) is 17.1. The van der Waals surface area contributed by atoms with Crippen LogP contribution in [0.5, 0.6) is 0 Å². The highest BCUT2D eigenvalue weighted by atomic mass is 16.4. The van der Waals surface area contributed by atoms with E-state index in [0.717, 1.165) is 24.7 Å². The van der Waals surface area contributed by atoms with Gasteiger partial charge in [-0.25, -0.2) is 9.59 Å². The normalized spacial score (nSPS) is 33.4. The number of carboxylic acids is 2. The van der Waals surface area contributed by atoms with Crippen molar-refractivity contribution in [1.29, 1.82) is 0 Å². The second-order valence-corrected chi connectivity index (χ2v) is 8.97. The van der Waals surface area contributed by atoms with Gasteiger partial charge < -0.3 is 10.2 Å². The second kappa shape index (κ2) is 5.61. The summed E-state index contributed by atoms with van der Waals surface area (Å²) in [6.45, 7) is 4.66. The molecule has 2 unspecified atom stereocenters. The van der Waals surface area contributed by atoms with E-state index in [0.29, 0.717) is 11.5 Å². The molecule has 4 heteroatoms. The van der Waals surface area contributed by atoms with Crippen molar-refractivity contribution in [1.82, 2.24) is 0 Å². The summed E-state index contributed by atoms with van der Waals surface area (Å²) in [6.07, 6.45) is 6.15. The zero-order valence-electron chi connectivity index (χ0n) is 15.2. The van der Waals surface area contributed by atoms with Crippen LogP contribution in [-0.4, -0.2) is 22.2 Å². The number of rotatable bonds is 2. The number of hydrogen-bond donors (Lipinski definition) is 2. The minimum Gasteiger partial charge on any atom is -0.478 e. The first-order chi connectivity index (χ1) is 12.2. The lowest BCUT2D eigenvalue weighted by Crippen LogP contribution is -2.56. The highest BCUT2D eigenvalue weighted by Gasteiger charge is 2.60. The maximum absolute atomic E-state index is 11.6. The minimum atomic E-state index is -1.14. The lowest BCUT2D eigenvalue weighted by Gasteiger charge is -2.64. The Morgan fingerprint density at radius 2 is 1.69 bits per heavy atom. The predicted octanol–water partition coefficient (Wildman–Crippen LogP) is 4.29. The van der Waals surface area contributed by atoms with Crippen LogP contribution < -0.4 is 0 Å². The van der Waals surface area contributed by atoms with Crippen LogP contribution in [0.3, 0.4) is 0 Å². The Labute approximate surface area is 153 Å². The molecule has 0 spiro atoms. The SMILES string of the molecule is CC1(C)C2CC3CC(C2)CC1(C#Cc1ccc(C(=O)O)cc1C(=O)O)C3. The molecule has 4 bridgehead atoms. The molecule has 0 saturated heterocycles. The molecule has 4 nitrogen and oxygen atoms in total. The zero-order chi connectivity index (χ0) is 18.7. The summed E-state index contributed by atoms with van der Waals surface area (Å²) >= 11 is 0. The Bertz CT molecular complexity index is 841. The van der Waals surface area contributed by atoms with Crippen LogP contribution in [0.4, 0.5) is 0 Å². The number of hydrogen-bond acceptors (Lipinski definition) is 2. The average molecular weight is 352 g/mol. The summed E-state index contributed by atoms with van der Waals surface area (Å²) in [5.41, 5.74) is 0.443. The molecule has 4 fully saturated rings. The van der Waals surface area contributed by atoms with E-state index in [2.05, 4.69) is 25.7 Å². The van der Waals surface area contributed by atoms with Crippen molar-refractivity contribution < 1.29 is 19.8 Å². The summed E-state index contributed by atoms with van der Waals surface area (Å²) in [6, 6.07) is 4.18. The molecule has 4 saturated carbocycles. The number of benzene rings is 1. The van der Waals surface area contributed by atoms with Gasteiger partial charge in [0.2, 0.25) is 0 Å². The van der Waals surface area contributed by atoms with E-state index < -0.39 is 11.9 Å². The van der Waals surface area contributed by atoms with Gasteiger partial charge in [-0.1, -0.05) is 25.7 Å². The van der Waals surface area contributed by atoms with Gasteiger partial charge in [0.15, 0.2) is 0 Å². The first-order valence-corrected chi connectivity index (χ1v) is 9.36. The summed E-state index contributed by atoms with van der Waals surface area (Å²) in [5.74, 6) is 6.61. The topological polar surface area (TPSA) is 74.6 Å². The Morgan fingerprint density at radius 1 is 1.04 bits per heavy atom. The van der Waals surface area contributed by atoms with E-state index in [1.807, 2.05) is 0 Å². The van der Waals surface area contributed by atoms with Crippen molar-refractivity contribution in [3.05, 3.63) is 34.9 Å². The minimum absolute atomic E-state index is 0.0249. The van der Waals surface area contributed by atoms with Gasteiger partial charge in [0.05, 0.1) is 11.1 Å². The molecule has 2 N–H and O–H groups in total. The zero-order valence-corrected chi connectivity index (χ0v) is 15.2. The molecule has 4 aliphatic rings. The Hall–Kier alpha value is -2.28. The van der Waals surface area contributed by atoms with Crippen molar-refractivity contribution in [2.45, 2.75) is 46.0 Å². The monoisotopic (exact) mass is 352 g/mol. The average Bonchev–Trinajstić information content (AvgIpc) is 2.57. The predicted molar refractivity (Wildman–Crippen MR) is 97.0 cm³/mol. The number of carbonyl (C=O) groups is 2. The molecule has 0 radical (unpaired) electrons. The summed E-state index contributed by atoms with van der Waals surface area (Å²) in [7, 11) is 0. The quantitative estimate of drug-likeness (QED) is 0.779. The van der Waals surface area contributed by atoms with Gasteiger partial charge in [0.25, 0.3) is 0 Å². The van der Waals surface area contributed by atoms with Gasteiger partial charge in [-0.3, -0.25) is 0 Å². The highest BCUT2D eigenvalue weighted by molar-refractivity contribution is 5.95. The second-order valence-electron chi connectivity index (χ2n) is 8.97. The highest BCUT2D eigenvalue weighted by Crippen LogP contribution is 2.68. The Kier molecular flexibility index (Phi) is 3.70. The van der Waals surface area contributed by atoms with E-state index in [4.69, 9.17) is 5.11 Å². The molecule has 26 heavy (non-hydrogen) atoms. The van der Waals surface area contributed by atoms with E-state index >= 15 is 0 Å². The van der Waals surface area contributed by atoms with E-state index in [1.165, 1.54) is 37.5 Å². The van der Waals surface area contributed by atoms with Crippen LogP contribution in [0.25, 0.3) is 0 Å². The van der Waals surface area contributed by atoms with Crippen LogP contribution in [0.1, 0.15) is 72.2 Å². The van der Waals surface area contributed by atoms with Gasteiger partial charge in [-0.05, 0) is 73.5 Å². The third-order valence-electron chi connectivity index (χ3n) is 7.36. The molecule has 1 aromatic rings. The summed E-state index contributed by atoms with van der Waals surface area (Å²) in [4.78, 5) is 22.7. The summed E-state index contributed by atoms with van der Waals surface area (Å²) in [5, 5.41) is 18.6. The van der Waals surface area contributed by atoms with Crippen molar-refractivity contribution in [3.63, 3.8) is 0 Å². The molecule has 0 heterocycles.